The minimum atomic E-state index is 0.841. The van der Waals surface area contributed by atoms with E-state index in [1.165, 1.54) is 31.7 Å². The van der Waals surface area contributed by atoms with Gasteiger partial charge in [0.15, 0.2) is 0 Å². The first-order valence-corrected chi connectivity index (χ1v) is 7.57. The van der Waals surface area contributed by atoms with Crippen molar-refractivity contribution >= 4 is 11.4 Å². The van der Waals surface area contributed by atoms with Crippen molar-refractivity contribution < 1.29 is 4.48 Å². The summed E-state index contributed by atoms with van der Waals surface area (Å²) in [6.07, 6.45) is 1.24. The topological polar surface area (TPSA) is 32.5 Å². The lowest BCUT2D eigenvalue weighted by Crippen LogP contribution is -2.43. The van der Waals surface area contributed by atoms with Gasteiger partial charge in [0, 0.05) is 44.1 Å². The highest BCUT2D eigenvalue weighted by Gasteiger charge is 2.17. The highest BCUT2D eigenvalue weighted by atomic mass is 15.3. The van der Waals surface area contributed by atoms with E-state index in [1.807, 2.05) is 12.1 Å². The number of rotatable bonds is 4. The third-order valence-corrected chi connectivity index (χ3v) is 3.93. The van der Waals surface area contributed by atoms with Crippen LogP contribution in [-0.4, -0.2) is 69.8 Å². The molecular weight excluding hydrogens is 248 g/mol. The first kappa shape index (κ1) is 15.1. The summed E-state index contributed by atoms with van der Waals surface area (Å²) >= 11 is 0. The number of likely N-dealkylation sites (N-methyl/N-ethyl adjacent to an activating group) is 1. The van der Waals surface area contributed by atoms with Crippen molar-refractivity contribution in [1.82, 2.24) is 4.90 Å². The molecule has 0 aliphatic carbocycles. The van der Waals surface area contributed by atoms with E-state index in [0.29, 0.717) is 0 Å². The summed E-state index contributed by atoms with van der Waals surface area (Å²) in [5.41, 5.74) is 7.90. The Morgan fingerprint density at radius 3 is 2.35 bits per heavy atom. The van der Waals surface area contributed by atoms with Crippen LogP contribution in [0, 0.1) is 0 Å². The van der Waals surface area contributed by atoms with Gasteiger partial charge in [-0.3, -0.25) is 4.90 Å². The number of benzene rings is 1. The van der Waals surface area contributed by atoms with Crippen LogP contribution in [0.25, 0.3) is 0 Å². The number of anilines is 2. The monoisotopic (exact) mass is 277 g/mol. The molecule has 0 amide bonds. The van der Waals surface area contributed by atoms with Crippen LogP contribution in [-0.2, 0) is 0 Å². The van der Waals surface area contributed by atoms with Crippen molar-refractivity contribution in [3.05, 3.63) is 24.3 Å². The number of nitrogen functional groups attached to an aromatic ring is 1. The zero-order chi connectivity index (χ0) is 14.6. The summed E-state index contributed by atoms with van der Waals surface area (Å²) < 4.78 is 1.04. The SMILES string of the molecule is C[N+](C)(C)CCN1CCCN(c2ccc(N)cc2)CC1. The fraction of sp³-hybridized carbons (Fsp3) is 0.625. The van der Waals surface area contributed by atoms with Crippen molar-refractivity contribution in [2.45, 2.75) is 6.42 Å². The smallest absolute Gasteiger partial charge is 0.0909 e. The molecule has 1 aromatic carbocycles. The first-order chi connectivity index (χ1) is 9.44. The molecule has 1 saturated heterocycles. The fourth-order valence-corrected chi connectivity index (χ4v) is 2.58. The molecule has 20 heavy (non-hydrogen) atoms. The largest absolute Gasteiger partial charge is 0.399 e. The van der Waals surface area contributed by atoms with Crippen molar-refractivity contribution in [1.29, 1.82) is 0 Å². The molecule has 2 N–H and O–H groups in total. The highest BCUT2D eigenvalue weighted by molar-refractivity contribution is 5.53. The first-order valence-electron chi connectivity index (χ1n) is 7.57. The predicted molar refractivity (Wildman–Crippen MR) is 87.0 cm³/mol. The van der Waals surface area contributed by atoms with Crippen LogP contribution in [0.2, 0.25) is 0 Å². The zero-order valence-corrected chi connectivity index (χ0v) is 13.2. The van der Waals surface area contributed by atoms with E-state index in [1.54, 1.807) is 0 Å². The van der Waals surface area contributed by atoms with Crippen LogP contribution in [0.5, 0.6) is 0 Å². The lowest BCUT2D eigenvalue weighted by Gasteiger charge is -2.28. The average Bonchev–Trinajstić information content (AvgIpc) is 2.62. The molecule has 0 unspecified atom stereocenters. The standard InChI is InChI=1S/C16H29N4/c1-20(2,3)14-13-18-9-4-10-19(12-11-18)16-7-5-15(17)6-8-16/h5-8H,4,9-14,17H2,1-3H3/q+1. The molecule has 2 rings (SSSR count). The van der Waals surface area contributed by atoms with E-state index in [4.69, 9.17) is 5.73 Å². The fourth-order valence-electron chi connectivity index (χ4n) is 2.58. The molecule has 0 saturated carbocycles. The van der Waals surface area contributed by atoms with E-state index in [0.717, 1.165) is 29.8 Å². The Morgan fingerprint density at radius 2 is 1.70 bits per heavy atom. The molecule has 0 bridgehead atoms. The summed E-state index contributed by atoms with van der Waals surface area (Å²) in [5, 5.41) is 0. The van der Waals surface area contributed by atoms with Crippen LogP contribution < -0.4 is 10.6 Å². The van der Waals surface area contributed by atoms with Gasteiger partial charge in [0.25, 0.3) is 0 Å². The summed E-state index contributed by atoms with van der Waals surface area (Å²) in [6.45, 7) is 7.03. The number of hydrogen-bond donors (Lipinski definition) is 1. The van der Waals surface area contributed by atoms with Crippen molar-refractivity contribution in [2.75, 3.05) is 71.0 Å². The summed E-state index contributed by atoms with van der Waals surface area (Å²) in [5.74, 6) is 0. The molecule has 112 valence electrons. The Bertz CT molecular complexity index is 407. The van der Waals surface area contributed by atoms with Crippen molar-refractivity contribution in [2.24, 2.45) is 0 Å². The van der Waals surface area contributed by atoms with E-state index >= 15 is 0 Å². The van der Waals surface area contributed by atoms with Gasteiger partial charge < -0.3 is 15.1 Å². The van der Waals surface area contributed by atoms with Gasteiger partial charge in [-0.05, 0) is 30.7 Å². The molecule has 0 radical (unpaired) electrons. The van der Waals surface area contributed by atoms with Gasteiger partial charge in [-0.15, -0.1) is 0 Å². The van der Waals surface area contributed by atoms with Crippen LogP contribution in [0.15, 0.2) is 24.3 Å². The second kappa shape index (κ2) is 6.46. The molecule has 1 heterocycles. The minimum Gasteiger partial charge on any atom is -0.399 e. The van der Waals surface area contributed by atoms with Crippen LogP contribution in [0.4, 0.5) is 11.4 Å². The molecule has 1 aliphatic rings. The molecule has 4 heteroatoms. The number of nitrogens with two attached hydrogens (primary N) is 1. The molecule has 0 spiro atoms. The zero-order valence-electron chi connectivity index (χ0n) is 13.2. The minimum absolute atomic E-state index is 0.841. The lowest BCUT2D eigenvalue weighted by molar-refractivity contribution is -0.869. The van der Waals surface area contributed by atoms with Gasteiger partial charge >= 0.3 is 0 Å². The van der Waals surface area contributed by atoms with Gasteiger partial charge in [0.2, 0.25) is 0 Å². The van der Waals surface area contributed by atoms with Crippen molar-refractivity contribution in [3.63, 3.8) is 0 Å². The lowest BCUT2D eigenvalue weighted by atomic mass is 10.2. The van der Waals surface area contributed by atoms with Crippen LogP contribution in [0.3, 0.4) is 0 Å². The summed E-state index contributed by atoms with van der Waals surface area (Å²) in [6, 6.07) is 8.26. The van der Waals surface area contributed by atoms with Gasteiger partial charge in [-0.1, -0.05) is 0 Å². The summed E-state index contributed by atoms with van der Waals surface area (Å²) in [7, 11) is 6.79. The second-order valence-electron chi connectivity index (χ2n) is 6.79. The van der Waals surface area contributed by atoms with Gasteiger partial charge in [0.05, 0.1) is 27.7 Å². The maximum Gasteiger partial charge on any atom is 0.0909 e. The molecule has 4 nitrogen and oxygen atoms in total. The van der Waals surface area contributed by atoms with Gasteiger partial charge in [-0.2, -0.15) is 0 Å². The Hall–Kier alpha value is -1.26. The molecular formula is C16H29N4+. The maximum atomic E-state index is 5.76. The number of hydrogen-bond acceptors (Lipinski definition) is 3. The number of nitrogens with zero attached hydrogens (tertiary/aromatic N) is 3. The Kier molecular flexibility index (Phi) is 4.89. The van der Waals surface area contributed by atoms with E-state index in [9.17, 15) is 0 Å². The highest BCUT2D eigenvalue weighted by Crippen LogP contribution is 2.18. The van der Waals surface area contributed by atoms with Crippen molar-refractivity contribution in [3.8, 4) is 0 Å². The maximum absolute atomic E-state index is 5.76. The van der Waals surface area contributed by atoms with E-state index < -0.39 is 0 Å². The second-order valence-corrected chi connectivity index (χ2v) is 6.79. The van der Waals surface area contributed by atoms with E-state index in [-0.39, 0.29) is 0 Å². The third-order valence-electron chi connectivity index (χ3n) is 3.93. The normalized spacial score (nSPS) is 18.1. The molecule has 1 fully saturated rings. The Balaban J connectivity index is 1.87. The van der Waals surface area contributed by atoms with Crippen LogP contribution in [0.1, 0.15) is 6.42 Å². The third kappa shape index (κ3) is 4.69. The summed E-state index contributed by atoms with van der Waals surface area (Å²) in [4.78, 5) is 5.08. The molecule has 1 aliphatic heterocycles. The predicted octanol–water partition coefficient (Wildman–Crippen LogP) is 1.49. The van der Waals surface area contributed by atoms with Gasteiger partial charge in [0.1, 0.15) is 0 Å². The Labute approximate surface area is 123 Å². The molecule has 1 aromatic rings. The van der Waals surface area contributed by atoms with Crippen LogP contribution >= 0.6 is 0 Å². The molecule has 0 aromatic heterocycles. The quantitative estimate of drug-likeness (QED) is 0.668. The van der Waals surface area contributed by atoms with E-state index in [2.05, 4.69) is 43.1 Å². The van der Waals surface area contributed by atoms with Gasteiger partial charge in [-0.25, -0.2) is 0 Å². The molecule has 0 atom stereocenters. The average molecular weight is 277 g/mol. The Morgan fingerprint density at radius 1 is 1.00 bits per heavy atom. The number of quaternary nitrogens is 1.